The number of nitrogens with one attached hydrogen (secondary N) is 1. The molecular formula is C21H26N4O2S. The van der Waals surface area contributed by atoms with E-state index in [9.17, 15) is 8.42 Å². The first-order chi connectivity index (χ1) is 13.4. The van der Waals surface area contributed by atoms with Crippen LogP contribution in [-0.2, 0) is 10.0 Å². The largest absolute Gasteiger partial charge is 0.372 e. The third-order valence-electron chi connectivity index (χ3n) is 4.74. The number of aromatic nitrogens is 2. The van der Waals surface area contributed by atoms with E-state index < -0.39 is 10.0 Å². The molecule has 0 atom stereocenters. The zero-order valence-electron chi connectivity index (χ0n) is 16.7. The van der Waals surface area contributed by atoms with Crippen molar-refractivity contribution in [2.75, 3.05) is 22.7 Å². The van der Waals surface area contributed by atoms with Gasteiger partial charge in [-0.3, -0.25) is 4.72 Å². The standard InChI is InChI=1S/C21H26N4O2S/c1-5-24(6-2)19-14-12-18(13-15-19)23-28(26,27)21-16(3)22-25(17(21)4)20-10-8-7-9-11-20/h7-15,23H,5-6H2,1-4H3. The summed E-state index contributed by atoms with van der Waals surface area (Å²) in [6, 6.07) is 16.9. The van der Waals surface area contributed by atoms with Crippen LogP contribution in [0.25, 0.3) is 5.69 Å². The molecule has 0 bridgehead atoms. The quantitative estimate of drug-likeness (QED) is 0.650. The van der Waals surface area contributed by atoms with Crippen LogP contribution in [-0.4, -0.2) is 31.3 Å². The van der Waals surface area contributed by atoms with Crippen LogP contribution in [0.4, 0.5) is 11.4 Å². The average molecular weight is 399 g/mol. The van der Waals surface area contributed by atoms with Gasteiger partial charge >= 0.3 is 0 Å². The maximum absolute atomic E-state index is 13.0. The summed E-state index contributed by atoms with van der Waals surface area (Å²) in [5, 5.41) is 4.44. The van der Waals surface area contributed by atoms with Crippen LogP contribution in [0, 0.1) is 13.8 Å². The second kappa shape index (κ2) is 8.06. The number of sulfonamides is 1. The van der Waals surface area contributed by atoms with Crippen molar-refractivity contribution in [3.05, 3.63) is 66.0 Å². The fraction of sp³-hybridized carbons (Fsp3) is 0.286. The minimum Gasteiger partial charge on any atom is -0.372 e. The Kier molecular flexibility index (Phi) is 5.74. The van der Waals surface area contributed by atoms with Gasteiger partial charge in [0.2, 0.25) is 0 Å². The molecule has 28 heavy (non-hydrogen) atoms. The number of para-hydroxylation sites is 1. The maximum atomic E-state index is 13.0. The first kappa shape index (κ1) is 19.9. The molecule has 0 radical (unpaired) electrons. The van der Waals surface area contributed by atoms with E-state index in [4.69, 9.17) is 0 Å². The number of hydrogen-bond acceptors (Lipinski definition) is 4. The minimum atomic E-state index is -3.75. The van der Waals surface area contributed by atoms with Gasteiger partial charge in [0.25, 0.3) is 10.0 Å². The average Bonchev–Trinajstić information content (AvgIpc) is 2.99. The lowest BCUT2D eigenvalue weighted by Gasteiger charge is -2.21. The van der Waals surface area contributed by atoms with E-state index in [1.807, 2.05) is 42.5 Å². The van der Waals surface area contributed by atoms with Crippen LogP contribution < -0.4 is 9.62 Å². The highest BCUT2D eigenvalue weighted by Crippen LogP contribution is 2.26. The molecule has 1 heterocycles. The number of nitrogens with zero attached hydrogens (tertiary/aromatic N) is 3. The van der Waals surface area contributed by atoms with Crippen molar-refractivity contribution in [2.24, 2.45) is 0 Å². The molecule has 1 N–H and O–H groups in total. The van der Waals surface area contributed by atoms with Crippen molar-refractivity contribution >= 4 is 21.4 Å². The van der Waals surface area contributed by atoms with Crippen LogP contribution in [0.5, 0.6) is 0 Å². The van der Waals surface area contributed by atoms with Gasteiger partial charge in [-0.2, -0.15) is 5.10 Å². The number of benzene rings is 2. The molecule has 2 aromatic carbocycles. The van der Waals surface area contributed by atoms with E-state index >= 15 is 0 Å². The Labute approximate surface area is 166 Å². The summed E-state index contributed by atoms with van der Waals surface area (Å²) in [4.78, 5) is 2.42. The lowest BCUT2D eigenvalue weighted by molar-refractivity contribution is 0.600. The van der Waals surface area contributed by atoms with Crippen molar-refractivity contribution < 1.29 is 8.42 Å². The number of anilines is 2. The van der Waals surface area contributed by atoms with E-state index in [0.717, 1.165) is 24.5 Å². The Morgan fingerprint density at radius 2 is 1.57 bits per heavy atom. The van der Waals surface area contributed by atoms with Gasteiger partial charge in [0.1, 0.15) is 4.90 Å². The normalized spacial score (nSPS) is 11.4. The summed E-state index contributed by atoms with van der Waals surface area (Å²) in [6.45, 7) is 9.47. The predicted octanol–water partition coefficient (Wildman–Crippen LogP) is 4.14. The first-order valence-electron chi connectivity index (χ1n) is 9.36. The predicted molar refractivity (Wildman–Crippen MR) is 114 cm³/mol. The second-order valence-electron chi connectivity index (χ2n) is 6.57. The smallest absolute Gasteiger partial charge is 0.265 e. The fourth-order valence-corrected chi connectivity index (χ4v) is 4.83. The lowest BCUT2D eigenvalue weighted by Crippen LogP contribution is -2.21. The highest BCUT2D eigenvalue weighted by molar-refractivity contribution is 7.92. The molecule has 1 aromatic heterocycles. The van der Waals surface area contributed by atoms with Gasteiger partial charge in [0, 0.05) is 24.5 Å². The van der Waals surface area contributed by atoms with Crippen LogP contribution in [0.3, 0.4) is 0 Å². The molecule has 3 aromatic rings. The van der Waals surface area contributed by atoms with Gasteiger partial charge in [-0.15, -0.1) is 0 Å². The fourth-order valence-electron chi connectivity index (χ4n) is 3.37. The molecule has 0 saturated carbocycles. The second-order valence-corrected chi connectivity index (χ2v) is 8.19. The van der Waals surface area contributed by atoms with Gasteiger partial charge < -0.3 is 4.90 Å². The summed E-state index contributed by atoms with van der Waals surface area (Å²) in [5.41, 5.74) is 3.47. The van der Waals surface area contributed by atoms with Gasteiger partial charge in [0.05, 0.1) is 17.1 Å². The Balaban J connectivity index is 1.91. The third kappa shape index (κ3) is 3.89. The molecule has 7 heteroatoms. The molecule has 0 aliphatic rings. The Bertz CT molecular complexity index is 1040. The summed E-state index contributed by atoms with van der Waals surface area (Å²) < 4.78 is 30.4. The highest BCUT2D eigenvalue weighted by Gasteiger charge is 2.25. The summed E-state index contributed by atoms with van der Waals surface area (Å²) in [6.07, 6.45) is 0. The van der Waals surface area contributed by atoms with Gasteiger partial charge in [-0.05, 0) is 64.1 Å². The molecule has 3 rings (SSSR count). The molecular weight excluding hydrogens is 372 g/mol. The van der Waals surface area contributed by atoms with Gasteiger partial charge in [0.15, 0.2) is 0 Å². The van der Waals surface area contributed by atoms with Gasteiger partial charge in [-0.1, -0.05) is 18.2 Å². The Morgan fingerprint density at radius 3 is 2.14 bits per heavy atom. The first-order valence-corrected chi connectivity index (χ1v) is 10.8. The van der Waals surface area contributed by atoms with Crippen molar-refractivity contribution in [3.63, 3.8) is 0 Å². The monoisotopic (exact) mass is 398 g/mol. The molecule has 148 valence electrons. The van der Waals surface area contributed by atoms with Crippen LogP contribution in [0.15, 0.2) is 59.5 Å². The van der Waals surface area contributed by atoms with E-state index in [0.29, 0.717) is 17.1 Å². The molecule has 0 fully saturated rings. The van der Waals surface area contributed by atoms with Crippen molar-refractivity contribution in [3.8, 4) is 5.69 Å². The van der Waals surface area contributed by atoms with Crippen LogP contribution in [0.1, 0.15) is 25.2 Å². The molecule has 0 aliphatic carbocycles. The number of rotatable bonds is 7. The van der Waals surface area contributed by atoms with E-state index in [1.54, 1.807) is 30.7 Å². The maximum Gasteiger partial charge on any atom is 0.265 e. The molecule has 0 aliphatic heterocycles. The number of aryl methyl sites for hydroxylation is 1. The van der Waals surface area contributed by atoms with E-state index in [1.165, 1.54) is 0 Å². The molecule has 0 amide bonds. The molecule has 0 saturated heterocycles. The van der Waals surface area contributed by atoms with Crippen molar-refractivity contribution in [2.45, 2.75) is 32.6 Å². The minimum absolute atomic E-state index is 0.212. The van der Waals surface area contributed by atoms with Crippen LogP contribution >= 0.6 is 0 Å². The SMILES string of the molecule is CCN(CC)c1ccc(NS(=O)(=O)c2c(C)nn(-c3ccccc3)c2C)cc1. The Morgan fingerprint density at radius 1 is 0.964 bits per heavy atom. The lowest BCUT2D eigenvalue weighted by atomic mass is 10.2. The van der Waals surface area contributed by atoms with E-state index in [-0.39, 0.29) is 4.90 Å². The van der Waals surface area contributed by atoms with Crippen LogP contribution in [0.2, 0.25) is 0 Å². The zero-order valence-corrected chi connectivity index (χ0v) is 17.5. The summed E-state index contributed by atoms with van der Waals surface area (Å²) in [5.74, 6) is 0. The molecule has 0 spiro atoms. The molecule has 0 unspecified atom stereocenters. The topological polar surface area (TPSA) is 67.2 Å². The summed E-state index contributed by atoms with van der Waals surface area (Å²) in [7, 11) is -3.75. The molecule has 6 nitrogen and oxygen atoms in total. The zero-order chi connectivity index (χ0) is 20.3. The van der Waals surface area contributed by atoms with Crippen molar-refractivity contribution in [1.82, 2.24) is 9.78 Å². The Hall–Kier alpha value is -2.80. The van der Waals surface area contributed by atoms with Gasteiger partial charge in [-0.25, -0.2) is 13.1 Å². The summed E-state index contributed by atoms with van der Waals surface area (Å²) >= 11 is 0. The van der Waals surface area contributed by atoms with Crippen molar-refractivity contribution in [1.29, 1.82) is 0 Å². The highest BCUT2D eigenvalue weighted by atomic mass is 32.2. The third-order valence-corrected chi connectivity index (χ3v) is 6.38. The van der Waals surface area contributed by atoms with E-state index in [2.05, 4.69) is 28.6 Å². The number of hydrogen-bond donors (Lipinski definition) is 1.